The molecule has 2 aromatic rings. The average molecular weight is 324 g/mol. The molecule has 1 aliphatic rings. The van der Waals surface area contributed by atoms with E-state index in [1.807, 2.05) is 24.3 Å². The molecule has 0 aliphatic carbocycles. The molecular formula is C20H24N2O2. The van der Waals surface area contributed by atoms with Gasteiger partial charge in [0.2, 0.25) is 0 Å². The fraction of sp³-hybridized carbons (Fsp3) is 0.350. The molecule has 0 radical (unpaired) electrons. The van der Waals surface area contributed by atoms with Crippen molar-refractivity contribution in [1.29, 1.82) is 0 Å². The van der Waals surface area contributed by atoms with Crippen LogP contribution < -0.4 is 0 Å². The SMILES string of the molecule is O=C(O)CN(Cc1ccccc1)[C@H]1CCN(Cc2ccccc2)C1. The van der Waals surface area contributed by atoms with Crippen molar-refractivity contribution in [1.82, 2.24) is 9.80 Å². The first-order chi connectivity index (χ1) is 11.7. The molecule has 1 N–H and O–H groups in total. The minimum Gasteiger partial charge on any atom is -0.480 e. The maximum Gasteiger partial charge on any atom is 0.317 e. The second kappa shape index (κ2) is 8.08. The highest BCUT2D eigenvalue weighted by atomic mass is 16.4. The number of rotatable bonds is 7. The van der Waals surface area contributed by atoms with E-state index in [0.29, 0.717) is 12.6 Å². The lowest BCUT2D eigenvalue weighted by Gasteiger charge is -2.27. The van der Waals surface area contributed by atoms with Crippen molar-refractivity contribution in [2.75, 3.05) is 19.6 Å². The Labute approximate surface area is 143 Å². The zero-order valence-corrected chi connectivity index (χ0v) is 13.8. The molecule has 3 rings (SSSR count). The lowest BCUT2D eigenvalue weighted by molar-refractivity contribution is -0.139. The average Bonchev–Trinajstić information content (AvgIpc) is 3.04. The Morgan fingerprint density at radius 2 is 1.67 bits per heavy atom. The summed E-state index contributed by atoms with van der Waals surface area (Å²) in [6, 6.07) is 20.9. The number of carboxylic acids is 1. The molecule has 1 fully saturated rings. The first kappa shape index (κ1) is 16.7. The van der Waals surface area contributed by atoms with Crippen molar-refractivity contribution in [2.45, 2.75) is 25.6 Å². The molecule has 0 aromatic heterocycles. The number of benzene rings is 2. The van der Waals surface area contributed by atoms with Crippen molar-refractivity contribution >= 4 is 5.97 Å². The van der Waals surface area contributed by atoms with E-state index in [2.05, 4.69) is 46.2 Å². The summed E-state index contributed by atoms with van der Waals surface area (Å²) in [6.07, 6.45) is 1.02. The second-order valence-electron chi connectivity index (χ2n) is 6.45. The van der Waals surface area contributed by atoms with Crippen molar-refractivity contribution < 1.29 is 9.90 Å². The highest BCUT2D eigenvalue weighted by Gasteiger charge is 2.28. The molecule has 1 aliphatic heterocycles. The fourth-order valence-corrected chi connectivity index (χ4v) is 3.40. The summed E-state index contributed by atoms with van der Waals surface area (Å²) in [5.41, 5.74) is 2.48. The van der Waals surface area contributed by atoms with Gasteiger partial charge in [0.25, 0.3) is 0 Å². The van der Waals surface area contributed by atoms with Crippen LogP contribution in [0, 0.1) is 0 Å². The summed E-state index contributed by atoms with van der Waals surface area (Å²) in [5, 5.41) is 9.27. The maximum atomic E-state index is 11.3. The van der Waals surface area contributed by atoms with Gasteiger partial charge >= 0.3 is 5.97 Å². The van der Waals surface area contributed by atoms with Gasteiger partial charge in [0.1, 0.15) is 0 Å². The third kappa shape index (κ3) is 4.66. The normalized spacial score (nSPS) is 18.1. The smallest absolute Gasteiger partial charge is 0.317 e. The summed E-state index contributed by atoms with van der Waals surface area (Å²) >= 11 is 0. The van der Waals surface area contributed by atoms with E-state index in [4.69, 9.17) is 0 Å². The van der Waals surface area contributed by atoms with Gasteiger partial charge in [0.15, 0.2) is 0 Å². The molecule has 4 nitrogen and oxygen atoms in total. The van der Waals surface area contributed by atoms with Crippen LogP contribution in [0.15, 0.2) is 60.7 Å². The quantitative estimate of drug-likeness (QED) is 0.850. The van der Waals surface area contributed by atoms with E-state index in [0.717, 1.165) is 26.1 Å². The van der Waals surface area contributed by atoms with Crippen LogP contribution in [-0.4, -0.2) is 46.6 Å². The maximum absolute atomic E-state index is 11.3. The van der Waals surface area contributed by atoms with Crippen LogP contribution in [0.5, 0.6) is 0 Å². The van der Waals surface area contributed by atoms with Crippen LogP contribution in [0.25, 0.3) is 0 Å². The van der Waals surface area contributed by atoms with Crippen LogP contribution in [-0.2, 0) is 17.9 Å². The van der Waals surface area contributed by atoms with E-state index in [1.165, 1.54) is 11.1 Å². The number of likely N-dealkylation sites (tertiary alicyclic amines) is 1. The minimum absolute atomic E-state index is 0.0960. The Hall–Kier alpha value is -2.17. The molecule has 0 spiro atoms. The molecule has 24 heavy (non-hydrogen) atoms. The number of nitrogens with zero attached hydrogens (tertiary/aromatic N) is 2. The predicted molar refractivity (Wildman–Crippen MR) is 94.6 cm³/mol. The van der Waals surface area contributed by atoms with Gasteiger partial charge in [0, 0.05) is 32.2 Å². The summed E-state index contributed by atoms with van der Waals surface area (Å²) in [4.78, 5) is 15.8. The van der Waals surface area contributed by atoms with Gasteiger partial charge in [0.05, 0.1) is 6.54 Å². The van der Waals surface area contributed by atoms with E-state index in [-0.39, 0.29) is 6.54 Å². The van der Waals surface area contributed by atoms with Gasteiger partial charge in [-0.15, -0.1) is 0 Å². The van der Waals surface area contributed by atoms with Crippen molar-refractivity contribution in [3.8, 4) is 0 Å². The third-order valence-electron chi connectivity index (χ3n) is 4.58. The zero-order valence-electron chi connectivity index (χ0n) is 13.8. The van der Waals surface area contributed by atoms with Gasteiger partial charge in [-0.25, -0.2) is 0 Å². The van der Waals surface area contributed by atoms with Gasteiger partial charge in [-0.3, -0.25) is 14.6 Å². The number of aliphatic carboxylic acids is 1. The molecule has 126 valence electrons. The largest absolute Gasteiger partial charge is 0.480 e. The van der Waals surface area contributed by atoms with Crippen LogP contribution in [0.3, 0.4) is 0 Å². The van der Waals surface area contributed by atoms with Crippen LogP contribution in [0.1, 0.15) is 17.5 Å². The Morgan fingerprint density at radius 1 is 1.04 bits per heavy atom. The summed E-state index contributed by atoms with van der Waals surface area (Å²) in [5.74, 6) is -0.757. The van der Waals surface area contributed by atoms with Crippen LogP contribution >= 0.6 is 0 Å². The molecule has 4 heteroatoms. The first-order valence-electron chi connectivity index (χ1n) is 8.47. The van der Waals surface area contributed by atoms with Gasteiger partial charge in [-0.2, -0.15) is 0 Å². The van der Waals surface area contributed by atoms with Crippen molar-refractivity contribution in [3.05, 3.63) is 71.8 Å². The second-order valence-corrected chi connectivity index (χ2v) is 6.45. The van der Waals surface area contributed by atoms with Gasteiger partial charge in [-0.05, 0) is 17.5 Å². The Kier molecular flexibility index (Phi) is 5.62. The highest BCUT2D eigenvalue weighted by Crippen LogP contribution is 2.20. The number of hydrogen-bond donors (Lipinski definition) is 1. The molecule has 0 amide bonds. The van der Waals surface area contributed by atoms with Crippen LogP contribution in [0.2, 0.25) is 0 Å². The standard InChI is InChI=1S/C20H24N2O2/c23-20(24)16-22(14-18-9-5-2-6-10-18)19-11-12-21(15-19)13-17-7-3-1-4-8-17/h1-10,19H,11-16H2,(H,23,24)/t19-/m0/s1. The fourth-order valence-electron chi connectivity index (χ4n) is 3.40. The van der Waals surface area contributed by atoms with Crippen LogP contribution in [0.4, 0.5) is 0 Å². The molecule has 1 atom stereocenters. The van der Waals surface area contributed by atoms with E-state index in [9.17, 15) is 9.90 Å². The number of carbonyl (C=O) groups is 1. The lowest BCUT2D eigenvalue weighted by atomic mass is 10.1. The molecule has 0 saturated carbocycles. The highest BCUT2D eigenvalue weighted by molar-refractivity contribution is 5.69. The van der Waals surface area contributed by atoms with Crippen molar-refractivity contribution in [3.63, 3.8) is 0 Å². The van der Waals surface area contributed by atoms with E-state index >= 15 is 0 Å². The molecular weight excluding hydrogens is 300 g/mol. The van der Waals surface area contributed by atoms with E-state index < -0.39 is 5.97 Å². The summed E-state index contributed by atoms with van der Waals surface area (Å²) in [6.45, 7) is 3.67. The third-order valence-corrected chi connectivity index (χ3v) is 4.58. The number of carboxylic acid groups (broad SMARTS) is 1. The number of hydrogen-bond acceptors (Lipinski definition) is 3. The topological polar surface area (TPSA) is 43.8 Å². The molecule has 0 bridgehead atoms. The van der Waals surface area contributed by atoms with Gasteiger partial charge in [-0.1, -0.05) is 60.7 Å². The predicted octanol–water partition coefficient (Wildman–Crippen LogP) is 2.85. The molecule has 2 aromatic carbocycles. The van der Waals surface area contributed by atoms with E-state index in [1.54, 1.807) is 0 Å². The van der Waals surface area contributed by atoms with Crippen molar-refractivity contribution in [2.24, 2.45) is 0 Å². The Balaban J connectivity index is 1.62. The summed E-state index contributed by atoms with van der Waals surface area (Å²) < 4.78 is 0. The summed E-state index contributed by atoms with van der Waals surface area (Å²) in [7, 11) is 0. The zero-order chi connectivity index (χ0) is 16.8. The minimum atomic E-state index is -0.757. The monoisotopic (exact) mass is 324 g/mol. The Bertz CT molecular complexity index is 645. The molecule has 1 saturated heterocycles. The Morgan fingerprint density at radius 3 is 2.29 bits per heavy atom. The molecule has 0 unspecified atom stereocenters. The lowest BCUT2D eigenvalue weighted by Crippen LogP contribution is -2.40. The first-order valence-corrected chi connectivity index (χ1v) is 8.47. The molecule has 1 heterocycles. The van der Waals surface area contributed by atoms with Gasteiger partial charge < -0.3 is 5.11 Å².